The van der Waals surface area contributed by atoms with Crippen molar-refractivity contribution in [2.45, 2.75) is 6.92 Å². The number of benzene rings is 1. The molecule has 58 valence electrons. The lowest BCUT2D eigenvalue weighted by Gasteiger charge is -2.00. The fraction of sp³-hybridized carbons (Fsp3) is 0.125. The summed E-state index contributed by atoms with van der Waals surface area (Å²) in [5.41, 5.74) is 6.93. The van der Waals surface area contributed by atoms with Crippen LogP contribution in [0.4, 0.5) is 0 Å². The molecule has 0 spiro atoms. The molecular weight excluding hydrogens is 160 g/mol. The second-order valence-electron chi connectivity index (χ2n) is 2.38. The number of nitrogens with two attached hydrogens (primary N) is 1. The van der Waals surface area contributed by atoms with E-state index >= 15 is 0 Å². The lowest BCUT2D eigenvalue weighted by atomic mass is 10.1. The summed E-state index contributed by atoms with van der Waals surface area (Å²) >= 11 is 5.77. The van der Waals surface area contributed by atoms with E-state index in [9.17, 15) is 0 Å². The summed E-state index contributed by atoms with van der Waals surface area (Å²) in [4.78, 5) is 0. The van der Waals surface area contributed by atoms with Gasteiger partial charge < -0.3 is 5.73 Å². The first-order valence-electron chi connectivity index (χ1n) is 3.22. The minimum atomic E-state index is 0.0739. The number of rotatable bonds is 1. The third-order valence-corrected chi connectivity index (χ3v) is 1.89. The summed E-state index contributed by atoms with van der Waals surface area (Å²) in [6.07, 6.45) is 0. The molecule has 1 aromatic carbocycles. The maximum Gasteiger partial charge on any atom is 0.122 e. The molecule has 0 atom stereocenters. The molecule has 0 fully saturated rings. The monoisotopic (exact) mass is 168 g/mol. The number of hydrogen-bond donors (Lipinski definition) is 2. The normalized spacial score (nSPS) is 9.64. The minimum absolute atomic E-state index is 0.0739. The first kappa shape index (κ1) is 8.08. The molecule has 0 amide bonds. The van der Waals surface area contributed by atoms with Gasteiger partial charge in [-0.25, -0.2) is 0 Å². The van der Waals surface area contributed by atoms with Gasteiger partial charge in [0.2, 0.25) is 0 Å². The summed E-state index contributed by atoms with van der Waals surface area (Å²) in [6, 6.07) is 5.27. The van der Waals surface area contributed by atoms with Crippen LogP contribution in [0.25, 0.3) is 0 Å². The van der Waals surface area contributed by atoms with Gasteiger partial charge in [-0.3, -0.25) is 5.41 Å². The fourth-order valence-electron chi connectivity index (χ4n) is 0.812. The highest BCUT2D eigenvalue weighted by atomic mass is 35.5. The number of aryl methyl sites for hydroxylation is 1. The largest absolute Gasteiger partial charge is 0.384 e. The molecular formula is C8H9ClN2. The van der Waals surface area contributed by atoms with Crippen LogP contribution in [0.15, 0.2) is 18.2 Å². The van der Waals surface area contributed by atoms with Gasteiger partial charge in [0.15, 0.2) is 0 Å². The Morgan fingerprint density at radius 2 is 2.18 bits per heavy atom. The Morgan fingerprint density at radius 3 is 2.64 bits per heavy atom. The number of halogens is 1. The van der Waals surface area contributed by atoms with Crippen molar-refractivity contribution >= 4 is 17.4 Å². The molecule has 3 heteroatoms. The second kappa shape index (κ2) is 2.93. The Labute approximate surface area is 70.5 Å². The van der Waals surface area contributed by atoms with Gasteiger partial charge in [-0.05, 0) is 30.7 Å². The number of amidine groups is 1. The van der Waals surface area contributed by atoms with Crippen LogP contribution in [0.2, 0.25) is 5.02 Å². The second-order valence-corrected chi connectivity index (χ2v) is 2.78. The van der Waals surface area contributed by atoms with E-state index in [1.165, 1.54) is 0 Å². The molecule has 0 bridgehead atoms. The molecule has 0 aliphatic carbocycles. The number of hydrogen-bond acceptors (Lipinski definition) is 1. The zero-order valence-electron chi connectivity index (χ0n) is 6.19. The predicted octanol–water partition coefficient (Wildman–Crippen LogP) is 1.93. The van der Waals surface area contributed by atoms with Crippen LogP contribution in [-0.2, 0) is 0 Å². The lowest BCUT2D eigenvalue weighted by Crippen LogP contribution is -2.10. The maximum atomic E-state index is 7.14. The van der Waals surface area contributed by atoms with E-state index < -0.39 is 0 Å². The zero-order chi connectivity index (χ0) is 8.43. The van der Waals surface area contributed by atoms with Gasteiger partial charge in [-0.15, -0.1) is 0 Å². The van der Waals surface area contributed by atoms with Crippen molar-refractivity contribution in [2.24, 2.45) is 5.73 Å². The van der Waals surface area contributed by atoms with Crippen molar-refractivity contribution in [3.05, 3.63) is 34.3 Å². The molecule has 0 saturated carbocycles. The summed E-state index contributed by atoms with van der Waals surface area (Å²) in [5, 5.41) is 7.84. The SMILES string of the molecule is Cc1cc(C(=N)N)ccc1Cl. The minimum Gasteiger partial charge on any atom is -0.384 e. The van der Waals surface area contributed by atoms with E-state index in [1.54, 1.807) is 18.2 Å². The van der Waals surface area contributed by atoms with Crippen molar-refractivity contribution in [1.29, 1.82) is 5.41 Å². The van der Waals surface area contributed by atoms with E-state index in [1.807, 2.05) is 6.92 Å². The number of nitrogens with one attached hydrogen (secondary N) is 1. The molecule has 11 heavy (non-hydrogen) atoms. The van der Waals surface area contributed by atoms with Crippen molar-refractivity contribution in [3.63, 3.8) is 0 Å². The average molecular weight is 169 g/mol. The summed E-state index contributed by atoms with van der Waals surface area (Å²) in [5.74, 6) is 0.0739. The molecule has 0 aliphatic heterocycles. The standard InChI is InChI=1S/C8H9ClN2/c1-5-4-6(8(10)11)2-3-7(5)9/h2-4H,1H3,(H3,10,11). The molecule has 2 nitrogen and oxygen atoms in total. The molecule has 1 rings (SSSR count). The molecule has 0 unspecified atom stereocenters. The van der Waals surface area contributed by atoms with Gasteiger partial charge >= 0.3 is 0 Å². The molecule has 0 aliphatic rings. The average Bonchev–Trinajstić information content (AvgIpc) is 1.94. The molecule has 0 heterocycles. The van der Waals surface area contributed by atoms with Crippen molar-refractivity contribution in [1.82, 2.24) is 0 Å². The quantitative estimate of drug-likeness (QED) is 0.489. The molecule has 1 aromatic rings. The Hall–Kier alpha value is -1.02. The molecule has 3 N–H and O–H groups in total. The Bertz CT molecular complexity index is 294. The van der Waals surface area contributed by atoms with Gasteiger partial charge in [-0.1, -0.05) is 11.6 Å². The first-order chi connectivity index (χ1) is 5.11. The van der Waals surface area contributed by atoms with Crippen LogP contribution in [0.3, 0.4) is 0 Å². The molecule has 0 saturated heterocycles. The van der Waals surface area contributed by atoms with Gasteiger partial charge in [0.05, 0.1) is 0 Å². The summed E-state index contributed by atoms with van der Waals surface area (Å²) in [7, 11) is 0. The Morgan fingerprint density at radius 1 is 1.55 bits per heavy atom. The van der Waals surface area contributed by atoms with Gasteiger partial charge in [-0.2, -0.15) is 0 Å². The van der Waals surface area contributed by atoms with Crippen LogP contribution in [-0.4, -0.2) is 5.84 Å². The van der Waals surface area contributed by atoms with Crippen LogP contribution >= 0.6 is 11.6 Å². The highest BCUT2D eigenvalue weighted by Crippen LogP contribution is 2.15. The maximum absolute atomic E-state index is 7.14. The highest BCUT2D eigenvalue weighted by Gasteiger charge is 1.98. The fourth-order valence-corrected chi connectivity index (χ4v) is 0.930. The van der Waals surface area contributed by atoms with Gasteiger partial charge in [0.25, 0.3) is 0 Å². The van der Waals surface area contributed by atoms with Crippen LogP contribution in [0, 0.1) is 12.3 Å². The van der Waals surface area contributed by atoms with E-state index in [-0.39, 0.29) is 5.84 Å². The van der Waals surface area contributed by atoms with Crippen LogP contribution < -0.4 is 5.73 Å². The predicted molar refractivity (Wildman–Crippen MR) is 47.2 cm³/mol. The summed E-state index contributed by atoms with van der Waals surface area (Å²) in [6.45, 7) is 1.88. The van der Waals surface area contributed by atoms with E-state index in [2.05, 4.69) is 0 Å². The van der Waals surface area contributed by atoms with Crippen molar-refractivity contribution in [2.75, 3.05) is 0 Å². The third kappa shape index (κ3) is 1.71. The zero-order valence-corrected chi connectivity index (χ0v) is 6.94. The third-order valence-electron chi connectivity index (χ3n) is 1.47. The smallest absolute Gasteiger partial charge is 0.122 e. The van der Waals surface area contributed by atoms with Gasteiger partial charge in [0.1, 0.15) is 5.84 Å². The number of nitrogen functional groups attached to an aromatic ring is 1. The van der Waals surface area contributed by atoms with Crippen LogP contribution in [0.1, 0.15) is 11.1 Å². The van der Waals surface area contributed by atoms with Gasteiger partial charge in [0, 0.05) is 10.6 Å². The van der Waals surface area contributed by atoms with E-state index in [0.717, 1.165) is 5.56 Å². The Kier molecular flexibility index (Phi) is 2.15. The van der Waals surface area contributed by atoms with E-state index in [0.29, 0.717) is 10.6 Å². The van der Waals surface area contributed by atoms with Crippen molar-refractivity contribution < 1.29 is 0 Å². The Balaban J connectivity index is 3.15. The lowest BCUT2D eigenvalue weighted by molar-refractivity contribution is 1.39. The summed E-state index contributed by atoms with van der Waals surface area (Å²) < 4.78 is 0. The molecule has 0 radical (unpaired) electrons. The van der Waals surface area contributed by atoms with E-state index in [4.69, 9.17) is 22.7 Å². The molecule has 0 aromatic heterocycles. The topological polar surface area (TPSA) is 49.9 Å². The van der Waals surface area contributed by atoms with Crippen LogP contribution in [0.5, 0.6) is 0 Å². The highest BCUT2D eigenvalue weighted by molar-refractivity contribution is 6.31. The first-order valence-corrected chi connectivity index (χ1v) is 3.59. The van der Waals surface area contributed by atoms with Crippen molar-refractivity contribution in [3.8, 4) is 0 Å².